The number of halogens is 2. The van der Waals surface area contributed by atoms with Gasteiger partial charge in [0.25, 0.3) is 0 Å². The average Bonchev–Trinajstić information content (AvgIpc) is 2.91. The summed E-state index contributed by atoms with van der Waals surface area (Å²) >= 11 is 13.4. The molecule has 0 unspecified atom stereocenters. The van der Waals surface area contributed by atoms with Crippen LogP contribution in [0.25, 0.3) is 11.0 Å². The number of ether oxygens (including phenoxy) is 1. The van der Waals surface area contributed by atoms with Gasteiger partial charge in [-0.1, -0.05) is 40.3 Å². The van der Waals surface area contributed by atoms with Crippen molar-refractivity contribution in [1.82, 2.24) is 5.16 Å². The molecule has 120 valence electrons. The third-order valence-corrected chi connectivity index (χ3v) is 4.55. The highest BCUT2D eigenvalue weighted by molar-refractivity contribution is 7.99. The predicted molar refractivity (Wildman–Crippen MR) is 96.7 cm³/mol. The van der Waals surface area contributed by atoms with Gasteiger partial charge in [0.1, 0.15) is 12.4 Å². The van der Waals surface area contributed by atoms with Crippen LogP contribution >= 0.6 is 35.1 Å². The highest BCUT2D eigenvalue weighted by atomic mass is 35.5. The summed E-state index contributed by atoms with van der Waals surface area (Å²) in [6.45, 7) is 2.44. The third kappa shape index (κ3) is 3.52. The monoisotopic (exact) mass is 368 g/mol. The quantitative estimate of drug-likeness (QED) is 0.584. The minimum absolute atomic E-state index is 0.408. The maximum atomic E-state index is 5.99. The van der Waals surface area contributed by atoms with Gasteiger partial charge >= 0.3 is 0 Å². The van der Waals surface area contributed by atoms with Gasteiger partial charge in [0.2, 0.25) is 0 Å². The lowest BCUT2D eigenvalue weighted by Gasteiger charge is -2.09. The van der Waals surface area contributed by atoms with E-state index in [1.165, 1.54) is 11.9 Å². The lowest BCUT2D eigenvalue weighted by atomic mass is 10.1. The summed E-state index contributed by atoms with van der Waals surface area (Å²) in [6.07, 6.45) is 1.94. The summed E-state index contributed by atoms with van der Waals surface area (Å²) in [5.41, 5.74) is 2.85. The number of anilines is 1. The molecule has 0 fully saturated rings. The molecule has 1 aromatic heterocycles. The standard InChI is InChI=1S/C16H14Cl2N2O2S/c1-9-5-12-15(22-19-16(12)20-23-2)6-10(9)8-21-11-3-4-13(17)14(18)7-11/h3-7H,8H2,1-2H3,(H,19,20). The van der Waals surface area contributed by atoms with Crippen molar-refractivity contribution >= 4 is 51.9 Å². The van der Waals surface area contributed by atoms with Crippen LogP contribution in [-0.4, -0.2) is 11.4 Å². The molecule has 4 nitrogen and oxygen atoms in total. The Balaban J connectivity index is 1.82. The molecule has 0 saturated carbocycles. The zero-order chi connectivity index (χ0) is 16.4. The number of nitrogens with zero attached hydrogens (tertiary/aromatic N) is 1. The maximum absolute atomic E-state index is 5.99. The van der Waals surface area contributed by atoms with Gasteiger partial charge in [-0.25, -0.2) is 0 Å². The second kappa shape index (κ2) is 6.91. The molecule has 0 spiro atoms. The highest BCUT2D eigenvalue weighted by Gasteiger charge is 2.11. The van der Waals surface area contributed by atoms with Crippen molar-refractivity contribution < 1.29 is 9.26 Å². The molecule has 0 radical (unpaired) electrons. The molecule has 0 bridgehead atoms. The third-order valence-electron chi connectivity index (χ3n) is 3.41. The summed E-state index contributed by atoms with van der Waals surface area (Å²) in [5.74, 6) is 1.40. The fraction of sp³-hybridized carbons (Fsp3) is 0.188. The van der Waals surface area contributed by atoms with Crippen LogP contribution in [0.4, 0.5) is 5.82 Å². The van der Waals surface area contributed by atoms with Crippen molar-refractivity contribution in [2.75, 3.05) is 11.0 Å². The highest BCUT2D eigenvalue weighted by Crippen LogP contribution is 2.29. The SMILES string of the molecule is CSNc1noc2cc(COc3ccc(Cl)c(Cl)c3)c(C)cc12. The van der Waals surface area contributed by atoms with Crippen LogP contribution in [0, 0.1) is 6.92 Å². The molecule has 0 aliphatic carbocycles. The molecule has 7 heteroatoms. The summed E-state index contributed by atoms with van der Waals surface area (Å²) in [7, 11) is 0. The van der Waals surface area contributed by atoms with E-state index in [0.717, 1.165) is 27.9 Å². The van der Waals surface area contributed by atoms with Gasteiger partial charge < -0.3 is 14.0 Å². The number of rotatable bonds is 5. The van der Waals surface area contributed by atoms with Crippen LogP contribution in [-0.2, 0) is 6.61 Å². The van der Waals surface area contributed by atoms with Crippen molar-refractivity contribution in [3.63, 3.8) is 0 Å². The largest absolute Gasteiger partial charge is 0.489 e. The first-order valence-electron chi connectivity index (χ1n) is 6.84. The van der Waals surface area contributed by atoms with Crippen LogP contribution in [0.3, 0.4) is 0 Å². The minimum Gasteiger partial charge on any atom is -0.489 e. The number of hydrogen-bond acceptors (Lipinski definition) is 5. The van der Waals surface area contributed by atoms with Gasteiger partial charge in [0.15, 0.2) is 11.4 Å². The van der Waals surface area contributed by atoms with E-state index >= 15 is 0 Å². The van der Waals surface area contributed by atoms with Gasteiger partial charge in [-0.2, -0.15) is 0 Å². The van der Waals surface area contributed by atoms with Crippen molar-refractivity contribution in [3.8, 4) is 5.75 Å². The lowest BCUT2D eigenvalue weighted by Crippen LogP contribution is -1.98. The van der Waals surface area contributed by atoms with Crippen molar-refractivity contribution in [2.45, 2.75) is 13.5 Å². The normalized spacial score (nSPS) is 11.0. The van der Waals surface area contributed by atoms with Gasteiger partial charge in [-0.15, -0.1) is 0 Å². The molecule has 1 heterocycles. The lowest BCUT2D eigenvalue weighted by molar-refractivity contribution is 0.305. The van der Waals surface area contributed by atoms with E-state index in [9.17, 15) is 0 Å². The summed E-state index contributed by atoms with van der Waals surface area (Å²) < 4.78 is 14.3. The van der Waals surface area contributed by atoms with Crippen LogP contribution in [0.1, 0.15) is 11.1 Å². The van der Waals surface area contributed by atoms with Gasteiger partial charge in [-0.3, -0.25) is 0 Å². The zero-order valence-corrected chi connectivity index (χ0v) is 14.9. The number of hydrogen-bond donors (Lipinski definition) is 1. The molecule has 23 heavy (non-hydrogen) atoms. The smallest absolute Gasteiger partial charge is 0.187 e. The Morgan fingerprint density at radius 1 is 1.22 bits per heavy atom. The molecule has 3 aromatic rings. The Hall–Kier alpha value is -1.56. The number of aryl methyl sites for hydroxylation is 1. The fourth-order valence-electron chi connectivity index (χ4n) is 2.19. The molecule has 0 saturated heterocycles. The second-order valence-electron chi connectivity index (χ2n) is 4.98. The van der Waals surface area contributed by atoms with Crippen molar-refractivity contribution in [2.24, 2.45) is 0 Å². The number of aromatic nitrogens is 1. The average molecular weight is 369 g/mol. The van der Waals surface area contributed by atoms with E-state index in [-0.39, 0.29) is 0 Å². The second-order valence-corrected chi connectivity index (χ2v) is 6.40. The van der Waals surface area contributed by atoms with Crippen LogP contribution in [0.15, 0.2) is 34.9 Å². The molecular formula is C16H14Cl2N2O2S. The number of benzene rings is 2. The number of nitrogens with one attached hydrogen (secondary N) is 1. The van der Waals surface area contributed by atoms with Gasteiger partial charge in [0.05, 0.1) is 15.4 Å². The van der Waals surface area contributed by atoms with Crippen LogP contribution < -0.4 is 9.46 Å². The maximum Gasteiger partial charge on any atom is 0.187 e. The van der Waals surface area contributed by atoms with Crippen molar-refractivity contribution in [3.05, 3.63) is 51.5 Å². The first-order valence-corrected chi connectivity index (χ1v) is 8.82. The van der Waals surface area contributed by atoms with E-state index < -0.39 is 0 Å². The Bertz CT molecular complexity index is 851. The van der Waals surface area contributed by atoms with Crippen molar-refractivity contribution in [1.29, 1.82) is 0 Å². The van der Waals surface area contributed by atoms with Crippen LogP contribution in [0.5, 0.6) is 5.75 Å². The first-order chi connectivity index (χ1) is 11.1. The molecule has 0 atom stereocenters. The number of fused-ring (bicyclic) bond motifs is 1. The summed E-state index contributed by atoms with van der Waals surface area (Å²) in [4.78, 5) is 0. The molecule has 2 aromatic carbocycles. The molecule has 0 amide bonds. The summed E-state index contributed by atoms with van der Waals surface area (Å²) in [5, 5.41) is 5.96. The molecule has 0 aliphatic heterocycles. The Kier molecular flexibility index (Phi) is 4.90. The van der Waals surface area contributed by atoms with E-state index in [2.05, 4.69) is 9.88 Å². The van der Waals surface area contributed by atoms with E-state index in [1.807, 2.05) is 25.3 Å². The molecule has 0 aliphatic rings. The Morgan fingerprint density at radius 3 is 2.78 bits per heavy atom. The predicted octanol–water partition coefficient (Wildman–Crippen LogP) is 5.71. The van der Waals surface area contributed by atoms with E-state index in [0.29, 0.717) is 22.4 Å². The van der Waals surface area contributed by atoms with E-state index in [4.69, 9.17) is 32.5 Å². The van der Waals surface area contributed by atoms with E-state index in [1.54, 1.807) is 18.2 Å². The van der Waals surface area contributed by atoms with Crippen LogP contribution in [0.2, 0.25) is 10.0 Å². The molecule has 1 N–H and O–H groups in total. The molecule has 3 rings (SSSR count). The Morgan fingerprint density at radius 2 is 2.04 bits per heavy atom. The summed E-state index contributed by atoms with van der Waals surface area (Å²) in [6, 6.07) is 9.19. The van der Waals surface area contributed by atoms with Gasteiger partial charge in [-0.05, 0) is 42.3 Å². The minimum atomic E-state index is 0.408. The fourth-order valence-corrected chi connectivity index (χ4v) is 2.82. The zero-order valence-electron chi connectivity index (χ0n) is 12.5. The molecular weight excluding hydrogens is 355 g/mol. The van der Waals surface area contributed by atoms with Gasteiger partial charge in [0, 0.05) is 12.3 Å². The Labute approximate surface area is 148 Å². The topological polar surface area (TPSA) is 47.3 Å². The first kappa shape index (κ1) is 16.3.